The van der Waals surface area contributed by atoms with Gasteiger partial charge in [0.25, 0.3) is 0 Å². The lowest BCUT2D eigenvalue weighted by atomic mass is 10.0. The molecular formula is C24H68N4O7S. The maximum atomic E-state index is 10.2. The first-order valence-corrected chi connectivity index (χ1v) is 14.0. The zero-order valence-electron chi connectivity index (χ0n) is 25.4. The van der Waals surface area contributed by atoms with Crippen molar-refractivity contribution in [2.75, 3.05) is 26.4 Å². The van der Waals surface area contributed by atoms with E-state index < -0.39 is 10.4 Å². The predicted molar refractivity (Wildman–Crippen MR) is 151 cm³/mol. The van der Waals surface area contributed by atoms with Crippen LogP contribution in [0.15, 0.2) is 0 Å². The third-order valence-corrected chi connectivity index (χ3v) is 4.68. The summed E-state index contributed by atoms with van der Waals surface area (Å²) in [6, 6.07) is 0. The number of rotatable bonds is 18. The molecule has 0 aliphatic rings. The highest BCUT2D eigenvalue weighted by atomic mass is 32.3. The van der Waals surface area contributed by atoms with E-state index in [1.54, 1.807) is 20.8 Å². The van der Waals surface area contributed by atoms with Crippen molar-refractivity contribution in [1.29, 1.82) is 0 Å². The third kappa shape index (κ3) is 93.0. The molecule has 0 fully saturated rings. The van der Waals surface area contributed by atoms with E-state index in [0.29, 0.717) is 6.42 Å². The lowest BCUT2D eigenvalue weighted by Crippen LogP contribution is -2.05. The van der Waals surface area contributed by atoms with Gasteiger partial charge in [-0.05, 0) is 6.42 Å². The van der Waals surface area contributed by atoms with Crippen LogP contribution in [0.2, 0.25) is 0 Å². The molecule has 36 heavy (non-hydrogen) atoms. The summed E-state index contributed by atoms with van der Waals surface area (Å²) in [5.74, 6) is 0. The van der Waals surface area contributed by atoms with Gasteiger partial charge < -0.3 is 44.5 Å². The van der Waals surface area contributed by atoms with Gasteiger partial charge >= 0.3 is 0 Å². The maximum Gasteiger partial charge on any atom is 0.217 e. The Morgan fingerprint density at radius 1 is 0.472 bits per heavy atom. The zero-order chi connectivity index (χ0) is 25.3. The monoisotopic (exact) mass is 556 g/mol. The minimum Gasteiger partial charge on any atom is -0.855 e. The fraction of sp³-hybridized carbons (Fsp3) is 1.00. The molecule has 0 aromatic heterocycles. The van der Waals surface area contributed by atoms with E-state index in [9.17, 15) is 13.0 Å². The fourth-order valence-corrected chi connectivity index (χ4v) is 3.13. The molecule has 12 heteroatoms. The molecule has 0 rings (SSSR count). The van der Waals surface area contributed by atoms with Crippen LogP contribution < -0.4 is 39.9 Å². The van der Waals surface area contributed by atoms with Crippen molar-refractivity contribution in [3.05, 3.63) is 0 Å². The average molecular weight is 557 g/mol. The van der Waals surface area contributed by atoms with E-state index in [-0.39, 0.29) is 51.0 Å². The largest absolute Gasteiger partial charge is 0.855 e. The van der Waals surface area contributed by atoms with Gasteiger partial charge in [-0.15, -0.1) is 19.8 Å². The van der Waals surface area contributed by atoms with Gasteiger partial charge in [-0.1, -0.05) is 124 Å². The molecule has 0 radical (unpaired) electrons. The van der Waals surface area contributed by atoms with Crippen LogP contribution in [0.5, 0.6) is 0 Å². The third-order valence-electron chi connectivity index (χ3n) is 4.23. The van der Waals surface area contributed by atoms with Gasteiger partial charge in [-0.25, -0.2) is 8.42 Å². The number of hydrogen-bond donors (Lipinski definition) is 4. The fourth-order valence-electron chi connectivity index (χ4n) is 2.81. The van der Waals surface area contributed by atoms with Gasteiger partial charge in [0.15, 0.2) is 0 Å². The standard InChI is InChI=1S/C18H38O4S.3C2H5O.4H3N/c1-2-3-4-5-6-7-8-9-10-11-12-13-14-15-16-17-18-22-23(19,20)21;3*1-2-3;;;;/h2-18H2,1H3,(H,19,20,21);3*2H2,1H3;4*1H3/q;3*-1;;;;/p+3. The Labute approximate surface area is 224 Å². The van der Waals surface area contributed by atoms with Gasteiger partial charge in [0, 0.05) is 0 Å². The van der Waals surface area contributed by atoms with Crippen molar-refractivity contribution < 1.29 is 32.5 Å². The molecule has 0 spiro atoms. The summed E-state index contributed by atoms with van der Waals surface area (Å²) in [5, 5.41) is 26.8. The summed E-state index contributed by atoms with van der Waals surface area (Å²) in [6.07, 6.45) is 20.3. The molecule has 11 nitrogen and oxygen atoms in total. The first-order valence-electron chi connectivity index (χ1n) is 12.6. The van der Waals surface area contributed by atoms with Gasteiger partial charge in [0.1, 0.15) is 0 Å². The lowest BCUT2D eigenvalue weighted by molar-refractivity contribution is -0.362. The summed E-state index contributed by atoms with van der Waals surface area (Å²) in [5.41, 5.74) is 0. The maximum absolute atomic E-state index is 10.2. The van der Waals surface area contributed by atoms with Crippen LogP contribution in [0, 0.1) is 0 Å². The molecule has 0 aromatic rings. The second-order valence-electron chi connectivity index (χ2n) is 7.40. The highest BCUT2D eigenvalue weighted by Crippen LogP contribution is 2.13. The van der Waals surface area contributed by atoms with Crippen molar-refractivity contribution >= 4 is 10.4 Å². The van der Waals surface area contributed by atoms with Crippen LogP contribution in [0.3, 0.4) is 0 Å². The second-order valence-corrected chi connectivity index (χ2v) is 8.45. The summed E-state index contributed by atoms with van der Waals surface area (Å²) in [6.45, 7) is 7.00. The van der Waals surface area contributed by atoms with Gasteiger partial charge in [0.2, 0.25) is 10.4 Å². The van der Waals surface area contributed by atoms with Crippen LogP contribution in [-0.2, 0) is 14.6 Å². The smallest absolute Gasteiger partial charge is 0.217 e. The Balaban J connectivity index is -0.0000000875. The molecular weight excluding hydrogens is 488 g/mol. The molecule has 0 atom stereocenters. The highest BCUT2D eigenvalue weighted by molar-refractivity contribution is 7.80. The van der Waals surface area contributed by atoms with Crippen molar-refractivity contribution in [2.45, 2.75) is 130 Å². The normalized spacial score (nSPS) is 9.11. The van der Waals surface area contributed by atoms with E-state index in [4.69, 9.17) is 15.3 Å². The van der Waals surface area contributed by atoms with Gasteiger partial charge in [-0.3, -0.25) is 4.18 Å². The number of unbranched alkanes of at least 4 members (excludes halogenated alkanes) is 15. The van der Waals surface area contributed by atoms with Crippen molar-refractivity contribution in [1.82, 2.24) is 24.6 Å². The van der Waals surface area contributed by atoms with E-state index in [0.717, 1.165) is 12.8 Å². The Kier molecular flexibility index (Phi) is 85.8. The van der Waals surface area contributed by atoms with E-state index >= 15 is 0 Å². The molecule has 0 bridgehead atoms. The quantitative estimate of drug-likeness (QED) is 0.0975. The first-order chi connectivity index (χ1) is 15.3. The summed E-state index contributed by atoms with van der Waals surface area (Å²) in [7, 11) is -4.49. The molecule has 0 saturated heterocycles. The molecule has 16 N–H and O–H groups in total. The van der Waals surface area contributed by atoms with Crippen LogP contribution in [0.1, 0.15) is 130 Å². The molecule has 0 aliphatic heterocycles. The highest BCUT2D eigenvalue weighted by Gasteiger charge is 1.96. The number of hydrogen-bond acceptors (Lipinski definition) is 7. The van der Waals surface area contributed by atoms with Crippen LogP contribution in [-0.4, -0.2) is 39.4 Å². The van der Waals surface area contributed by atoms with Gasteiger partial charge in [0.05, 0.1) is 6.61 Å². The van der Waals surface area contributed by atoms with Crippen molar-refractivity contribution in [3.8, 4) is 0 Å². The Morgan fingerprint density at radius 2 is 0.667 bits per heavy atom. The van der Waals surface area contributed by atoms with Crippen LogP contribution >= 0.6 is 0 Å². The van der Waals surface area contributed by atoms with Crippen molar-refractivity contribution in [2.24, 2.45) is 0 Å². The molecule has 0 amide bonds. The summed E-state index contributed by atoms with van der Waals surface area (Å²) < 4.78 is 34.8. The van der Waals surface area contributed by atoms with E-state index in [2.05, 4.69) is 11.1 Å². The van der Waals surface area contributed by atoms with E-state index in [1.165, 1.54) is 83.5 Å². The van der Waals surface area contributed by atoms with Crippen molar-refractivity contribution in [3.63, 3.8) is 0 Å². The predicted octanol–water partition coefficient (Wildman–Crippen LogP) is 5.33. The Morgan fingerprint density at radius 3 is 0.861 bits per heavy atom. The molecule has 232 valence electrons. The first kappa shape index (κ1) is 55.9. The second kappa shape index (κ2) is 55.2. The van der Waals surface area contributed by atoms with E-state index in [1.807, 2.05) is 0 Å². The molecule has 0 unspecified atom stereocenters. The number of quaternary nitrogens is 4. The molecule has 0 heterocycles. The average Bonchev–Trinajstić information content (AvgIpc) is 2.71. The lowest BCUT2D eigenvalue weighted by Gasteiger charge is -2.07. The molecule has 0 aromatic carbocycles. The summed E-state index contributed by atoms with van der Waals surface area (Å²) in [4.78, 5) is 0. The molecule has 0 saturated carbocycles. The minimum atomic E-state index is -4.49. The van der Waals surface area contributed by atoms with Gasteiger partial charge in [-0.2, -0.15) is 0 Å². The topological polar surface area (TPSA) is 282 Å². The summed E-state index contributed by atoms with van der Waals surface area (Å²) >= 11 is 0. The van der Waals surface area contributed by atoms with Crippen LogP contribution in [0.25, 0.3) is 0 Å². The van der Waals surface area contributed by atoms with Crippen LogP contribution in [0.4, 0.5) is 0 Å². The SMILES string of the molecule is CCCCCCCCCCCCCCCCCCOS(=O)(=O)[O-].CC[O-].CC[O-].CC[O-].[NH4+].[NH4+].[NH4+].[NH4+]. The Bertz CT molecular complexity index is 390. The Hall–Kier alpha value is -0.410. The molecule has 0 aliphatic carbocycles. The zero-order valence-corrected chi connectivity index (χ0v) is 26.2. The minimum absolute atomic E-state index is 0.